The first kappa shape index (κ1) is 15.4. The van der Waals surface area contributed by atoms with E-state index < -0.39 is 0 Å². The lowest BCUT2D eigenvalue weighted by Gasteiger charge is -2.42. The van der Waals surface area contributed by atoms with Gasteiger partial charge in [0.15, 0.2) is 0 Å². The maximum Gasteiger partial charge on any atom is 0.128 e. The van der Waals surface area contributed by atoms with E-state index in [1.807, 2.05) is 12.1 Å². The van der Waals surface area contributed by atoms with Crippen LogP contribution in [0.4, 0.5) is 4.39 Å². The SMILES string of the molecule is CCCNC(c1ccccc1F)C1CN(C)CCN1C. The summed E-state index contributed by atoms with van der Waals surface area (Å²) in [7, 11) is 4.28. The maximum absolute atomic E-state index is 14.2. The van der Waals surface area contributed by atoms with Crippen molar-refractivity contribution >= 4 is 0 Å². The van der Waals surface area contributed by atoms with Crippen LogP contribution in [0, 0.1) is 5.82 Å². The molecule has 2 unspecified atom stereocenters. The Bertz CT molecular complexity index is 424. The Hall–Kier alpha value is -0.970. The summed E-state index contributed by atoms with van der Waals surface area (Å²) in [6.45, 7) is 6.12. The zero-order chi connectivity index (χ0) is 14.5. The van der Waals surface area contributed by atoms with Gasteiger partial charge in [-0.3, -0.25) is 4.90 Å². The molecule has 3 nitrogen and oxygen atoms in total. The number of rotatable bonds is 5. The smallest absolute Gasteiger partial charge is 0.128 e. The molecule has 112 valence electrons. The largest absolute Gasteiger partial charge is 0.309 e. The highest BCUT2D eigenvalue weighted by molar-refractivity contribution is 5.23. The summed E-state index contributed by atoms with van der Waals surface area (Å²) in [6.07, 6.45) is 1.05. The van der Waals surface area contributed by atoms with Crippen molar-refractivity contribution in [2.75, 3.05) is 40.3 Å². The second-order valence-electron chi connectivity index (χ2n) is 5.76. The molecular formula is C16H26FN3. The first-order valence-electron chi connectivity index (χ1n) is 7.50. The Kier molecular flexibility index (Phi) is 5.52. The van der Waals surface area contributed by atoms with Crippen LogP contribution in [0.15, 0.2) is 24.3 Å². The van der Waals surface area contributed by atoms with Crippen molar-refractivity contribution in [1.82, 2.24) is 15.1 Å². The number of piperazine rings is 1. The molecule has 1 aliphatic heterocycles. The molecule has 1 saturated heterocycles. The molecule has 0 bridgehead atoms. The van der Waals surface area contributed by atoms with Crippen LogP contribution >= 0.6 is 0 Å². The minimum atomic E-state index is -0.109. The fraction of sp³-hybridized carbons (Fsp3) is 0.625. The molecule has 1 fully saturated rings. The zero-order valence-electron chi connectivity index (χ0n) is 12.8. The van der Waals surface area contributed by atoms with Gasteiger partial charge in [-0.05, 0) is 33.1 Å². The van der Waals surface area contributed by atoms with E-state index in [4.69, 9.17) is 0 Å². The Morgan fingerprint density at radius 3 is 2.75 bits per heavy atom. The summed E-state index contributed by atoms with van der Waals surface area (Å²) in [5, 5.41) is 3.54. The first-order valence-corrected chi connectivity index (χ1v) is 7.50. The van der Waals surface area contributed by atoms with Crippen LogP contribution in [0.5, 0.6) is 0 Å². The number of hydrogen-bond acceptors (Lipinski definition) is 3. The third-order valence-corrected chi connectivity index (χ3v) is 4.14. The minimum absolute atomic E-state index is 0.0453. The number of nitrogens with one attached hydrogen (secondary N) is 1. The van der Waals surface area contributed by atoms with Crippen LogP contribution < -0.4 is 5.32 Å². The molecule has 2 rings (SSSR count). The van der Waals surface area contributed by atoms with Crippen LogP contribution in [0.2, 0.25) is 0 Å². The van der Waals surface area contributed by atoms with E-state index in [-0.39, 0.29) is 11.9 Å². The highest BCUT2D eigenvalue weighted by Gasteiger charge is 2.31. The first-order chi connectivity index (χ1) is 9.63. The van der Waals surface area contributed by atoms with Gasteiger partial charge in [-0.2, -0.15) is 0 Å². The topological polar surface area (TPSA) is 18.5 Å². The molecule has 0 aromatic heterocycles. The van der Waals surface area contributed by atoms with Gasteiger partial charge in [0.2, 0.25) is 0 Å². The third-order valence-electron chi connectivity index (χ3n) is 4.14. The summed E-state index contributed by atoms with van der Waals surface area (Å²) in [5.41, 5.74) is 0.785. The lowest BCUT2D eigenvalue weighted by atomic mass is 9.95. The second-order valence-corrected chi connectivity index (χ2v) is 5.76. The van der Waals surface area contributed by atoms with E-state index in [0.717, 1.165) is 38.2 Å². The van der Waals surface area contributed by atoms with E-state index in [0.29, 0.717) is 6.04 Å². The molecule has 1 aromatic rings. The Labute approximate surface area is 121 Å². The molecule has 0 radical (unpaired) electrons. The van der Waals surface area contributed by atoms with Crippen LogP contribution in [-0.4, -0.2) is 56.1 Å². The van der Waals surface area contributed by atoms with Crippen molar-refractivity contribution in [2.45, 2.75) is 25.4 Å². The van der Waals surface area contributed by atoms with Crippen molar-refractivity contribution in [3.63, 3.8) is 0 Å². The molecule has 0 spiro atoms. The van der Waals surface area contributed by atoms with Crippen molar-refractivity contribution < 1.29 is 4.39 Å². The molecule has 20 heavy (non-hydrogen) atoms. The third kappa shape index (κ3) is 3.57. The van der Waals surface area contributed by atoms with Crippen molar-refractivity contribution in [2.24, 2.45) is 0 Å². The van der Waals surface area contributed by atoms with E-state index in [1.54, 1.807) is 12.1 Å². The molecule has 0 saturated carbocycles. The number of hydrogen-bond donors (Lipinski definition) is 1. The summed E-state index contributed by atoms with van der Waals surface area (Å²) in [6, 6.07) is 7.49. The van der Waals surface area contributed by atoms with E-state index in [2.05, 4.69) is 36.1 Å². The predicted octanol–water partition coefficient (Wildman–Crippen LogP) is 2.11. The molecule has 1 heterocycles. The Balaban J connectivity index is 2.24. The molecule has 4 heteroatoms. The number of halogens is 1. The van der Waals surface area contributed by atoms with Gasteiger partial charge < -0.3 is 10.2 Å². The second kappa shape index (κ2) is 7.16. The molecule has 0 aliphatic carbocycles. The van der Waals surface area contributed by atoms with Gasteiger partial charge in [-0.25, -0.2) is 4.39 Å². The molecule has 1 N–H and O–H groups in total. The highest BCUT2D eigenvalue weighted by atomic mass is 19.1. The average molecular weight is 279 g/mol. The molecule has 1 aliphatic rings. The van der Waals surface area contributed by atoms with Crippen molar-refractivity contribution in [3.05, 3.63) is 35.6 Å². The summed E-state index contributed by atoms with van der Waals surface area (Å²) in [4.78, 5) is 4.67. The van der Waals surface area contributed by atoms with Gasteiger partial charge in [0.1, 0.15) is 5.82 Å². The Morgan fingerprint density at radius 2 is 2.05 bits per heavy atom. The molecule has 0 amide bonds. The maximum atomic E-state index is 14.2. The number of likely N-dealkylation sites (N-methyl/N-ethyl adjacent to an activating group) is 2. The van der Waals surface area contributed by atoms with E-state index >= 15 is 0 Å². The minimum Gasteiger partial charge on any atom is -0.309 e. The molecule has 1 aromatic carbocycles. The van der Waals surface area contributed by atoms with Crippen LogP contribution in [0.25, 0.3) is 0 Å². The zero-order valence-corrected chi connectivity index (χ0v) is 12.8. The van der Waals surface area contributed by atoms with Crippen LogP contribution in [-0.2, 0) is 0 Å². The van der Waals surface area contributed by atoms with Crippen molar-refractivity contribution in [1.29, 1.82) is 0 Å². The van der Waals surface area contributed by atoms with Crippen LogP contribution in [0.3, 0.4) is 0 Å². The van der Waals surface area contributed by atoms with Gasteiger partial charge in [-0.15, -0.1) is 0 Å². The predicted molar refractivity (Wildman–Crippen MR) is 81.3 cm³/mol. The lowest BCUT2D eigenvalue weighted by Crippen LogP contribution is -2.55. The van der Waals surface area contributed by atoms with Gasteiger partial charge in [0.25, 0.3) is 0 Å². The fourth-order valence-corrected chi connectivity index (χ4v) is 2.88. The number of nitrogens with zero attached hydrogens (tertiary/aromatic N) is 2. The quantitative estimate of drug-likeness (QED) is 0.890. The van der Waals surface area contributed by atoms with E-state index in [9.17, 15) is 4.39 Å². The van der Waals surface area contributed by atoms with Gasteiger partial charge in [0.05, 0.1) is 6.04 Å². The van der Waals surface area contributed by atoms with Gasteiger partial charge >= 0.3 is 0 Å². The summed E-state index contributed by atoms with van der Waals surface area (Å²) in [5.74, 6) is -0.109. The fourth-order valence-electron chi connectivity index (χ4n) is 2.88. The molecular weight excluding hydrogens is 253 g/mol. The highest BCUT2D eigenvalue weighted by Crippen LogP contribution is 2.25. The number of benzene rings is 1. The van der Waals surface area contributed by atoms with E-state index in [1.165, 1.54) is 0 Å². The van der Waals surface area contributed by atoms with Crippen LogP contribution in [0.1, 0.15) is 24.9 Å². The molecule has 2 atom stereocenters. The van der Waals surface area contributed by atoms with Gasteiger partial charge in [0, 0.05) is 31.2 Å². The van der Waals surface area contributed by atoms with Gasteiger partial charge in [-0.1, -0.05) is 25.1 Å². The normalized spacial score (nSPS) is 22.9. The Morgan fingerprint density at radius 1 is 1.30 bits per heavy atom. The van der Waals surface area contributed by atoms with Crippen molar-refractivity contribution in [3.8, 4) is 0 Å². The summed E-state index contributed by atoms with van der Waals surface area (Å²) >= 11 is 0. The monoisotopic (exact) mass is 279 g/mol. The average Bonchev–Trinajstić information content (AvgIpc) is 2.44. The standard InChI is InChI=1S/C16H26FN3/c1-4-9-18-16(13-7-5-6-8-14(13)17)15-12-19(2)10-11-20(15)3/h5-8,15-16,18H,4,9-12H2,1-3H3. The summed E-state index contributed by atoms with van der Waals surface area (Å²) < 4.78 is 14.2. The lowest BCUT2D eigenvalue weighted by molar-refractivity contribution is 0.0866.